The summed E-state index contributed by atoms with van der Waals surface area (Å²) in [5, 5.41) is 24.0. The Morgan fingerprint density at radius 1 is 1.09 bits per heavy atom. The summed E-state index contributed by atoms with van der Waals surface area (Å²) in [6, 6.07) is 15.7. The van der Waals surface area contributed by atoms with Gasteiger partial charge in [0.05, 0.1) is 23.9 Å². The normalized spacial score (nSPS) is 17.0. The molecule has 1 aliphatic carbocycles. The number of allylic oxidation sites excluding steroid dienone is 2. The molecule has 3 aromatic rings. The van der Waals surface area contributed by atoms with Gasteiger partial charge in [0.1, 0.15) is 0 Å². The third-order valence-corrected chi connectivity index (χ3v) is 5.19. The monoisotopic (exact) mass is 448 g/mol. The van der Waals surface area contributed by atoms with E-state index in [0.29, 0.717) is 12.3 Å². The molecular weight excluding hydrogens is 424 g/mol. The number of benzene rings is 2. The second-order valence-electron chi connectivity index (χ2n) is 7.64. The minimum Gasteiger partial charge on any atom is -0.481 e. The highest BCUT2D eigenvalue weighted by Crippen LogP contribution is 2.31. The van der Waals surface area contributed by atoms with Gasteiger partial charge in [-0.15, -0.1) is 0 Å². The first-order chi connectivity index (χ1) is 15.7. The molecule has 2 aromatic carbocycles. The van der Waals surface area contributed by atoms with Gasteiger partial charge in [0.15, 0.2) is 5.69 Å². The molecule has 1 heterocycles. The van der Waals surface area contributed by atoms with Crippen molar-refractivity contribution in [3.05, 3.63) is 84.2 Å². The van der Waals surface area contributed by atoms with Crippen LogP contribution in [0.4, 0.5) is 0 Å². The second kappa shape index (κ2) is 9.95. The van der Waals surface area contributed by atoms with E-state index < -0.39 is 17.4 Å². The van der Waals surface area contributed by atoms with Gasteiger partial charge in [-0.1, -0.05) is 48.6 Å². The minimum absolute atomic E-state index is 0.0359. The number of rotatable bonds is 5. The zero-order chi connectivity index (χ0) is 24.0. The van der Waals surface area contributed by atoms with Crippen molar-refractivity contribution in [2.75, 3.05) is 6.61 Å². The first-order valence-corrected chi connectivity index (χ1v) is 10.3. The molecule has 4 rings (SSSR count). The van der Waals surface area contributed by atoms with Crippen LogP contribution in [0, 0.1) is 5.41 Å². The van der Waals surface area contributed by atoms with Gasteiger partial charge >= 0.3 is 17.9 Å². The lowest BCUT2D eigenvalue weighted by Gasteiger charge is -2.23. The number of carbonyl (C=O) groups excluding carboxylic acids is 1. The Morgan fingerprint density at radius 3 is 2.48 bits per heavy atom. The van der Waals surface area contributed by atoms with Crippen LogP contribution in [0.3, 0.4) is 0 Å². The fourth-order valence-corrected chi connectivity index (χ4v) is 3.36. The number of aliphatic carboxylic acids is 2. The Labute approximate surface area is 190 Å². The Hall–Kier alpha value is -4.20. The van der Waals surface area contributed by atoms with Crippen LogP contribution in [0.5, 0.6) is 0 Å². The van der Waals surface area contributed by atoms with Gasteiger partial charge in [-0.05, 0) is 49.2 Å². The van der Waals surface area contributed by atoms with Crippen molar-refractivity contribution in [3.63, 3.8) is 0 Å². The molecule has 0 radical (unpaired) electrons. The van der Waals surface area contributed by atoms with Crippen LogP contribution in [-0.2, 0) is 14.3 Å². The number of ether oxygens (including phenoxy) is 1. The lowest BCUT2D eigenvalue weighted by molar-refractivity contribution is -0.145. The molecule has 0 aliphatic heterocycles. The maximum absolute atomic E-state index is 11.9. The quantitative estimate of drug-likeness (QED) is 0.560. The number of carboxylic acids is 2. The molecule has 0 saturated carbocycles. The van der Waals surface area contributed by atoms with E-state index in [2.05, 4.69) is 11.2 Å². The van der Waals surface area contributed by atoms with Crippen LogP contribution >= 0.6 is 0 Å². The fraction of sp³-hybridized carbons (Fsp3) is 0.200. The summed E-state index contributed by atoms with van der Waals surface area (Å²) in [5.74, 6) is -2.43. The van der Waals surface area contributed by atoms with Gasteiger partial charge in [0.2, 0.25) is 0 Å². The zero-order valence-electron chi connectivity index (χ0n) is 18.3. The van der Waals surface area contributed by atoms with E-state index >= 15 is 0 Å². The number of hydrogen-bond donors (Lipinski definition) is 2. The van der Waals surface area contributed by atoms with E-state index in [1.165, 1.54) is 25.2 Å². The standard InChI is InChI=1S/C16H14N2O2.C9H10O4/c1-2-20-16(19)15-9-10-17-18(15)14-8-7-12-5-3-4-6-13(12)11-14;1-9(8(12)13)4-2-3-6(5-9)7(10)11/h3-11H,2H2,1H3;2-4H,5H2,1H3,(H,10,11)(H,12,13). The molecule has 1 aliphatic rings. The summed E-state index contributed by atoms with van der Waals surface area (Å²) in [7, 11) is 0. The average molecular weight is 448 g/mol. The van der Waals surface area contributed by atoms with Crippen LogP contribution in [0.15, 0.2) is 78.5 Å². The van der Waals surface area contributed by atoms with Gasteiger partial charge in [-0.2, -0.15) is 5.10 Å². The molecule has 1 atom stereocenters. The highest BCUT2D eigenvalue weighted by atomic mass is 16.5. The van der Waals surface area contributed by atoms with Gasteiger partial charge in [0, 0.05) is 5.57 Å². The predicted molar refractivity (Wildman–Crippen MR) is 122 cm³/mol. The average Bonchev–Trinajstić information content (AvgIpc) is 3.29. The van der Waals surface area contributed by atoms with Crippen molar-refractivity contribution in [2.24, 2.45) is 5.41 Å². The Morgan fingerprint density at radius 2 is 1.82 bits per heavy atom. The van der Waals surface area contributed by atoms with Crippen molar-refractivity contribution in [3.8, 4) is 5.69 Å². The Balaban J connectivity index is 0.000000205. The largest absolute Gasteiger partial charge is 0.481 e. The maximum atomic E-state index is 11.9. The molecule has 8 heteroatoms. The summed E-state index contributed by atoms with van der Waals surface area (Å²) >= 11 is 0. The number of fused-ring (bicyclic) bond motifs is 1. The van der Waals surface area contributed by atoms with E-state index in [0.717, 1.165) is 16.5 Å². The van der Waals surface area contributed by atoms with E-state index in [1.54, 1.807) is 23.9 Å². The number of nitrogens with zero attached hydrogens (tertiary/aromatic N) is 2. The number of esters is 1. The number of carbonyl (C=O) groups is 3. The summed E-state index contributed by atoms with van der Waals surface area (Å²) in [5.41, 5.74) is 0.328. The minimum atomic E-state index is -1.08. The molecule has 8 nitrogen and oxygen atoms in total. The Bertz CT molecular complexity index is 1260. The third-order valence-electron chi connectivity index (χ3n) is 5.19. The van der Waals surface area contributed by atoms with Gasteiger partial charge in [-0.3, -0.25) is 4.79 Å². The van der Waals surface area contributed by atoms with Gasteiger partial charge < -0.3 is 14.9 Å². The molecule has 0 fully saturated rings. The predicted octanol–water partition coefficient (Wildman–Crippen LogP) is 4.25. The van der Waals surface area contributed by atoms with Crippen LogP contribution in [0.2, 0.25) is 0 Å². The molecule has 1 unspecified atom stereocenters. The second-order valence-corrected chi connectivity index (χ2v) is 7.64. The molecule has 2 N–H and O–H groups in total. The van der Waals surface area contributed by atoms with Crippen LogP contribution in [0.25, 0.3) is 16.5 Å². The van der Waals surface area contributed by atoms with Crippen LogP contribution in [0.1, 0.15) is 30.8 Å². The summed E-state index contributed by atoms with van der Waals surface area (Å²) < 4.78 is 6.64. The molecule has 0 bridgehead atoms. The van der Waals surface area contributed by atoms with E-state index in [4.69, 9.17) is 14.9 Å². The molecular formula is C25H24N2O6. The number of hydrogen-bond acceptors (Lipinski definition) is 5. The summed E-state index contributed by atoms with van der Waals surface area (Å²) in [6.45, 7) is 3.64. The maximum Gasteiger partial charge on any atom is 0.357 e. The van der Waals surface area contributed by atoms with E-state index in [9.17, 15) is 14.4 Å². The van der Waals surface area contributed by atoms with Crippen molar-refractivity contribution < 1.29 is 29.3 Å². The SMILES string of the molecule is CC1(C(=O)O)C=CC=C(C(=O)O)C1.CCOC(=O)c1ccnn1-c1ccc2ccccc2c1. The number of carboxylic acid groups (broad SMARTS) is 2. The molecule has 1 aromatic heterocycles. The lowest BCUT2D eigenvalue weighted by Crippen LogP contribution is -2.28. The smallest absolute Gasteiger partial charge is 0.357 e. The van der Waals surface area contributed by atoms with Crippen LogP contribution < -0.4 is 0 Å². The first kappa shape index (κ1) is 23.5. The van der Waals surface area contributed by atoms with Crippen molar-refractivity contribution >= 4 is 28.7 Å². The lowest BCUT2D eigenvalue weighted by atomic mass is 9.80. The Kier molecular flexibility index (Phi) is 7.07. The van der Waals surface area contributed by atoms with Gasteiger partial charge in [0.25, 0.3) is 0 Å². The van der Waals surface area contributed by atoms with E-state index in [1.807, 2.05) is 36.4 Å². The molecule has 0 amide bonds. The third kappa shape index (κ3) is 5.35. The van der Waals surface area contributed by atoms with E-state index in [-0.39, 0.29) is 18.0 Å². The molecule has 0 spiro atoms. The molecule has 170 valence electrons. The highest BCUT2D eigenvalue weighted by molar-refractivity contribution is 5.90. The summed E-state index contributed by atoms with van der Waals surface area (Å²) in [4.78, 5) is 33.2. The van der Waals surface area contributed by atoms with Crippen LogP contribution in [-0.4, -0.2) is 44.5 Å². The van der Waals surface area contributed by atoms with Gasteiger partial charge in [-0.25, -0.2) is 14.3 Å². The molecule has 33 heavy (non-hydrogen) atoms. The number of aromatic nitrogens is 2. The van der Waals surface area contributed by atoms with Crippen molar-refractivity contribution in [2.45, 2.75) is 20.3 Å². The highest BCUT2D eigenvalue weighted by Gasteiger charge is 2.34. The fourth-order valence-electron chi connectivity index (χ4n) is 3.36. The van der Waals surface area contributed by atoms with Crippen molar-refractivity contribution in [1.82, 2.24) is 9.78 Å². The summed E-state index contributed by atoms with van der Waals surface area (Å²) in [6.07, 6.45) is 6.03. The topological polar surface area (TPSA) is 119 Å². The van der Waals surface area contributed by atoms with Crippen molar-refractivity contribution in [1.29, 1.82) is 0 Å². The molecule has 0 saturated heterocycles. The first-order valence-electron chi connectivity index (χ1n) is 10.3. The zero-order valence-corrected chi connectivity index (χ0v) is 18.3.